The molecular weight excluding hydrogens is 414 g/mol. The van der Waals surface area contributed by atoms with Gasteiger partial charge in [-0.1, -0.05) is 6.07 Å². The summed E-state index contributed by atoms with van der Waals surface area (Å²) >= 11 is 3.29. The number of hydrogen-bond acceptors (Lipinski definition) is 6. The molecule has 2 aliphatic heterocycles. The molecule has 1 aromatic carbocycles. The molecule has 0 saturated carbocycles. The second-order valence-corrected chi connectivity index (χ2v) is 10.6. The van der Waals surface area contributed by atoms with E-state index in [1.807, 2.05) is 17.5 Å². The summed E-state index contributed by atoms with van der Waals surface area (Å²) in [4.78, 5) is 2.55. The molecule has 0 aliphatic carbocycles. The van der Waals surface area contributed by atoms with E-state index in [1.54, 1.807) is 45.2 Å². The molecule has 0 amide bonds. The molecule has 0 radical (unpaired) electrons. The van der Waals surface area contributed by atoms with Gasteiger partial charge in [0.1, 0.15) is 0 Å². The van der Waals surface area contributed by atoms with Crippen molar-refractivity contribution in [2.75, 3.05) is 19.8 Å². The summed E-state index contributed by atoms with van der Waals surface area (Å²) in [5, 5.41) is 4.04. The van der Waals surface area contributed by atoms with Gasteiger partial charge < -0.3 is 9.47 Å². The molecule has 28 heavy (non-hydrogen) atoms. The average molecular weight is 434 g/mol. The van der Waals surface area contributed by atoms with Crippen LogP contribution < -0.4 is 9.47 Å². The Hall–Kier alpha value is -1.87. The minimum absolute atomic E-state index is 0.247. The average Bonchev–Trinajstić information content (AvgIpc) is 3.34. The highest BCUT2D eigenvalue weighted by Gasteiger charge is 2.38. The lowest BCUT2D eigenvalue weighted by molar-refractivity contribution is 0.296. The Kier molecular flexibility index (Phi) is 4.66. The third-order valence-electron chi connectivity index (χ3n) is 5.06. The van der Waals surface area contributed by atoms with Crippen LogP contribution in [0, 0.1) is 0 Å². The molecule has 1 unspecified atom stereocenters. The number of nitrogens with zero attached hydrogens (tertiary/aromatic N) is 1. The second kappa shape index (κ2) is 7.18. The Balaban J connectivity index is 1.58. The van der Waals surface area contributed by atoms with Crippen LogP contribution in [0.2, 0.25) is 0 Å². The maximum absolute atomic E-state index is 13.6. The lowest BCUT2D eigenvalue weighted by Crippen LogP contribution is -2.39. The van der Waals surface area contributed by atoms with Gasteiger partial charge in [-0.25, -0.2) is 8.42 Å². The quantitative estimate of drug-likeness (QED) is 0.618. The van der Waals surface area contributed by atoms with Gasteiger partial charge in [0.2, 0.25) is 10.0 Å². The summed E-state index contributed by atoms with van der Waals surface area (Å²) in [6.45, 7) is 1.57. The van der Waals surface area contributed by atoms with E-state index in [0.29, 0.717) is 31.3 Å². The monoisotopic (exact) mass is 433 g/mol. The molecule has 5 rings (SSSR count). The molecule has 1 atom stereocenters. The highest BCUT2D eigenvalue weighted by Crippen LogP contribution is 2.43. The van der Waals surface area contributed by atoms with Crippen molar-refractivity contribution >= 4 is 32.7 Å². The standard InChI is InChI=1S/C20H19NO4S3/c22-28(23,14-4-5-16-17(13-14)25-10-2-9-24-16)21-8-6-18-15(7-12-27-18)20(21)19-3-1-11-26-19/h1,3-5,7,11-13,20H,2,6,8-10H2. The molecule has 0 spiro atoms. The maximum atomic E-state index is 13.6. The van der Waals surface area contributed by atoms with Crippen molar-refractivity contribution in [2.24, 2.45) is 0 Å². The summed E-state index contributed by atoms with van der Waals surface area (Å²) < 4.78 is 40.3. The molecule has 146 valence electrons. The number of hydrogen-bond donors (Lipinski definition) is 0. The minimum atomic E-state index is -3.69. The van der Waals surface area contributed by atoms with Crippen molar-refractivity contribution in [3.63, 3.8) is 0 Å². The van der Waals surface area contributed by atoms with E-state index in [1.165, 1.54) is 4.88 Å². The zero-order chi connectivity index (χ0) is 19.1. The van der Waals surface area contributed by atoms with E-state index in [2.05, 4.69) is 11.4 Å². The molecule has 5 nitrogen and oxygen atoms in total. The van der Waals surface area contributed by atoms with Gasteiger partial charge in [-0.3, -0.25) is 0 Å². The largest absolute Gasteiger partial charge is 0.490 e. The first-order valence-corrected chi connectivity index (χ1v) is 12.4. The normalized spacial score (nSPS) is 19.8. The number of sulfonamides is 1. The molecule has 8 heteroatoms. The van der Waals surface area contributed by atoms with Gasteiger partial charge in [0.15, 0.2) is 11.5 Å². The van der Waals surface area contributed by atoms with Crippen molar-refractivity contribution in [1.29, 1.82) is 0 Å². The van der Waals surface area contributed by atoms with Crippen LogP contribution in [-0.4, -0.2) is 32.5 Å². The van der Waals surface area contributed by atoms with Crippen LogP contribution in [0.1, 0.15) is 27.8 Å². The van der Waals surface area contributed by atoms with E-state index < -0.39 is 10.0 Å². The maximum Gasteiger partial charge on any atom is 0.244 e. The van der Waals surface area contributed by atoms with E-state index in [-0.39, 0.29) is 10.9 Å². The Bertz CT molecular complexity index is 1090. The smallest absolute Gasteiger partial charge is 0.244 e. The molecule has 3 aromatic rings. The van der Waals surface area contributed by atoms with Crippen molar-refractivity contribution in [3.05, 3.63) is 62.5 Å². The minimum Gasteiger partial charge on any atom is -0.490 e. The van der Waals surface area contributed by atoms with Crippen LogP contribution in [-0.2, 0) is 16.4 Å². The van der Waals surface area contributed by atoms with Crippen LogP contribution in [0.5, 0.6) is 11.5 Å². The van der Waals surface area contributed by atoms with Gasteiger partial charge in [-0.05, 0) is 47.0 Å². The van der Waals surface area contributed by atoms with Crippen LogP contribution in [0.15, 0.2) is 52.1 Å². The summed E-state index contributed by atoms with van der Waals surface area (Å²) in [5.41, 5.74) is 1.09. The number of rotatable bonds is 3. The van der Waals surface area contributed by atoms with Gasteiger partial charge in [0.05, 0.1) is 24.2 Å². The topological polar surface area (TPSA) is 55.8 Å². The van der Waals surface area contributed by atoms with Gasteiger partial charge in [0, 0.05) is 28.8 Å². The summed E-state index contributed by atoms with van der Waals surface area (Å²) in [5.74, 6) is 1.10. The third-order valence-corrected chi connectivity index (χ3v) is 8.84. The fourth-order valence-corrected chi connectivity index (χ4v) is 7.16. The first kappa shape index (κ1) is 18.2. The first-order valence-electron chi connectivity index (χ1n) is 9.16. The Morgan fingerprint density at radius 3 is 2.68 bits per heavy atom. The van der Waals surface area contributed by atoms with Gasteiger partial charge in [0.25, 0.3) is 0 Å². The Morgan fingerprint density at radius 1 is 1.00 bits per heavy atom. The molecule has 2 aliphatic rings. The predicted octanol–water partition coefficient (Wildman–Crippen LogP) is 4.31. The lowest BCUT2D eigenvalue weighted by atomic mass is 10.0. The van der Waals surface area contributed by atoms with Crippen LogP contribution >= 0.6 is 22.7 Å². The zero-order valence-electron chi connectivity index (χ0n) is 15.0. The fraction of sp³-hybridized carbons (Fsp3) is 0.300. The molecule has 4 heterocycles. The van der Waals surface area contributed by atoms with Crippen LogP contribution in [0.4, 0.5) is 0 Å². The molecule has 0 saturated heterocycles. The number of thiophene rings is 2. The highest BCUT2D eigenvalue weighted by atomic mass is 32.2. The number of benzene rings is 1. The van der Waals surface area contributed by atoms with E-state index in [0.717, 1.165) is 23.3 Å². The van der Waals surface area contributed by atoms with Crippen molar-refractivity contribution in [1.82, 2.24) is 4.31 Å². The van der Waals surface area contributed by atoms with Gasteiger partial charge >= 0.3 is 0 Å². The molecule has 0 N–H and O–H groups in total. The number of fused-ring (bicyclic) bond motifs is 2. The summed E-state index contributed by atoms with van der Waals surface area (Å²) in [6, 6.07) is 10.7. The zero-order valence-corrected chi connectivity index (χ0v) is 17.5. The van der Waals surface area contributed by atoms with E-state index in [9.17, 15) is 8.42 Å². The Morgan fingerprint density at radius 2 is 1.86 bits per heavy atom. The Labute approximate surface area is 172 Å². The first-order chi connectivity index (χ1) is 13.6. The SMILES string of the molecule is O=S(=O)(c1ccc2c(c1)OCCCO2)N1CCc2sccc2C1c1cccs1. The molecule has 2 aromatic heterocycles. The van der Waals surface area contributed by atoms with E-state index >= 15 is 0 Å². The van der Waals surface area contributed by atoms with Crippen LogP contribution in [0.25, 0.3) is 0 Å². The molecule has 0 bridgehead atoms. The number of ether oxygens (including phenoxy) is 2. The predicted molar refractivity (Wildman–Crippen MR) is 110 cm³/mol. The van der Waals surface area contributed by atoms with Gasteiger partial charge in [-0.15, -0.1) is 22.7 Å². The summed E-state index contributed by atoms with van der Waals surface area (Å²) in [6.07, 6.45) is 1.52. The van der Waals surface area contributed by atoms with Crippen LogP contribution in [0.3, 0.4) is 0 Å². The van der Waals surface area contributed by atoms with Gasteiger partial charge in [-0.2, -0.15) is 4.31 Å². The van der Waals surface area contributed by atoms with E-state index in [4.69, 9.17) is 9.47 Å². The fourth-order valence-electron chi connectivity index (χ4n) is 3.73. The van der Waals surface area contributed by atoms with Crippen molar-refractivity contribution < 1.29 is 17.9 Å². The molecular formula is C20H19NO4S3. The van der Waals surface area contributed by atoms with Crippen molar-refractivity contribution in [2.45, 2.75) is 23.8 Å². The van der Waals surface area contributed by atoms with Crippen molar-refractivity contribution in [3.8, 4) is 11.5 Å². The second-order valence-electron chi connectivity index (χ2n) is 6.74. The molecule has 0 fully saturated rings. The lowest BCUT2D eigenvalue weighted by Gasteiger charge is -2.34. The highest BCUT2D eigenvalue weighted by molar-refractivity contribution is 7.89. The summed E-state index contributed by atoms with van der Waals surface area (Å²) in [7, 11) is -3.69. The third kappa shape index (κ3) is 3.04.